The van der Waals surface area contributed by atoms with Gasteiger partial charge in [-0.05, 0) is 43.2 Å². The minimum Gasteiger partial charge on any atom is -0.368 e. The number of aromatic amines is 1. The number of fused-ring (bicyclic) bond motifs is 1. The smallest absolute Gasteiger partial charge is 0.269 e. The van der Waals surface area contributed by atoms with Crippen LogP contribution >= 0.6 is 0 Å². The number of pyridine rings is 3. The monoisotopic (exact) mass is 420 g/mol. The molecule has 1 aliphatic heterocycles. The number of nitrogens with one attached hydrogen (secondary N) is 2. The summed E-state index contributed by atoms with van der Waals surface area (Å²) in [5, 5.41) is 2.60. The van der Waals surface area contributed by atoms with Crippen molar-refractivity contribution in [1.82, 2.24) is 25.2 Å². The van der Waals surface area contributed by atoms with E-state index in [1.54, 1.807) is 13.1 Å². The second-order valence-corrected chi connectivity index (χ2v) is 8.09. The van der Waals surface area contributed by atoms with Gasteiger partial charge in [0, 0.05) is 45.5 Å². The molecule has 2 N–H and O–H groups in total. The summed E-state index contributed by atoms with van der Waals surface area (Å²) < 4.78 is 0. The van der Waals surface area contributed by atoms with Gasteiger partial charge in [-0.1, -0.05) is 6.92 Å². The Morgan fingerprint density at radius 3 is 2.77 bits per heavy atom. The van der Waals surface area contributed by atoms with Crippen LogP contribution < -0.4 is 15.8 Å². The van der Waals surface area contributed by atoms with Gasteiger partial charge in [-0.25, -0.2) is 4.98 Å². The van der Waals surface area contributed by atoms with E-state index in [0.717, 1.165) is 53.2 Å². The highest BCUT2D eigenvalue weighted by atomic mass is 16.1. The standard InChI is InChI=1S/C23H28N6O2/c1-5-16-9-19-20(27-22(16)30)8-15(10-25-19)11-29-12-17(13-29)28(4)21-7-6-18(23(31)24-3)26-14(21)2/h6-10,17H,5,11-13H2,1-4H3,(H,24,31)(H,27,30). The topological polar surface area (TPSA) is 94.2 Å². The van der Waals surface area contributed by atoms with Crippen LogP contribution in [0.25, 0.3) is 11.0 Å². The number of amides is 1. The van der Waals surface area contributed by atoms with Gasteiger partial charge in [0.25, 0.3) is 11.5 Å². The first kappa shape index (κ1) is 21.0. The third kappa shape index (κ3) is 4.16. The maximum atomic E-state index is 12.1. The molecule has 0 bridgehead atoms. The molecule has 0 atom stereocenters. The Labute approximate surface area is 181 Å². The lowest BCUT2D eigenvalue weighted by Crippen LogP contribution is -2.58. The van der Waals surface area contributed by atoms with Crippen molar-refractivity contribution in [3.8, 4) is 0 Å². The SMILES string of the molecule is CCc1cc2ncc(CN3CC(N(C)c4ccc(C(=O)NC)nc4C)C3)cc2[nH]c1=O. The summed E-state index contributed by atoms with van der Waals surface area (Å²) in [5.74, 6) is -0.177. The van der Waals surface area contributed by atoms with Crippen LogP contribution in [0.5, 0.6) is 0 Å². The van der Waals surface area contributed by atoms with Gasteiger partial charge in [-0.3, -0.25) is 19.5 Å². The zero-order chi connectivity index (χ0) is 22.1. The number of aromatic nitrogens is 3. The Bertz CT molecular complexity index is 1180. The molecule has 1 aliphatic rings. The summed E-state index contributed by atoms with van der Waals surface area (Å²) >= 11 is 0. The van der Waals surface area contributed by atoms with Gasteiger partial charge >= 0.3 is 0 Å². The third-order valence-electron chi connectivity index (χ3n) is 6.00. The minimum atomic E-state index is -0.177. The lowest BCUT2D eigenvalue weighted by atomic mass is 10.0. The second kappa shape index (κ2) is 8.47. The first-order valence-corrected chi connectivity index (χ1v) is 10.5. The fourth-order valence-corrected chi connectivity index (χ4v) is 4.07. The second-order valence-electron chi connectivity index (χ2n) is 8.09. The van der Waals surface area contributed by atoms with Gasteiger partial charge in [-0.2, -0.15) is 0 Å². The molecule has 8 heteroatoms. The molecule has 0 aromatic carbocycles. The average Bonchev–Trinajstić information content (AvgIpc) is 2.74. The molecule has 4 heterocycles. The molecule has 0 aliphatic carbocycles. The van der Waals surface area contributed by atoms with E-state index in [9.17, 15) is 9.59 Å². The predicted octanol–water partition coefficient (Wildman–Crippen LogP) is 1.87. The van der Waals surface area contributed by atoms with Crippen LogP contribution in [0.2, 0.25) is 0 Å². The Hall–Kier alpha value is -3.26. The fourth-order valence-electron chi connectivity index (χ4n) is 4.07. The van der Waals surface area contributed by atoms with Crippen molar-refractivity contribution in [2.75, 3.05) is 32.1 Å². The molecule has 4 rings (SSSR count). The van der Waals surface area contributed by atoms with Gasteiger partial charge in [0.1, 0.15) is 5.69 Å². The molecule has 31 heavy (non-hydrogen) atoms. The molecular formula is C23H28N6O2. The molecule has 0 radical (unpaired) electrons. The molecule has 1 saturated heterocycles. The summed E-state index contributed by atoms with van der Waals surface area (Å²) in [6.07, 6.45) is 2.59. The number of likely N-dealkylation sites (tertiary alicyclic amines) is 1. The van der Waals surface area contributed by atoms with Crippen molar-refractivity contribution in [2.45, 2.75) is 32.9 Å². The van der Waals surface area contributed by atoms with Crippen LogP contribution in [0.3, 0.4) is 0 Å². The van der Waals surface area contributed by atoms with Crippen molar-refractivity contribution >= 4 is 22.6 Å². The van der Waals surface area contributed by atoms with Gasteiger partial charge in [-0.15, -0.1) is 0 Å². The average molecular weight is 421 g/mol. The first-order chi connectivity index (χ1) is 14.9. The van der Waals surface area contributed by atoms with Crippen LogP contribution in [0.4, 0.5) is 5.69 Å². The normalized spacial score (nSPS) is 14.5. The number of carbonyl (C=O) groups is 1. The number of nitrogens with zero attached hydrogens (tertiary/aromatic N) is 4. The highest BCUT2D eigenvalue weighted by Gasteiger charge is 2.31. The number of rotatable bonds is 6. The number of likely N-dealkylation sites (N-methyl/N-ethyl adjacent to an activating group) is 1. The van der Waals surface area contributed by atoms with Crippen molar-refractivity contribution in [2.24, 2.45) is 0 Å². The molecule has 3 aromatic rings. The van der Waals surface area contributed by atoms with E-state index in [-0.39, 0.29) is 11.5 Å². The third-order valence-corrected chi connectivity index (χ3v) is 6.00. The molecule has 3 aromatic heterocycles. The van der Waals surface area contributed by atoms with Gasteiger partial charge in [0.2, 0.25) is 0 Å². The van der Waals surface area contributed by atoms with E-state index in [0.29, 0.717) is 18.2 Å². The summed E-state index contributed by atoms with van der Waals surface area (Å²) in [4.78, 5) is 40.4. The lowest BCUT2D eigenvalue weighted by molar-refractivity contribution is 0.0958. The highest BCUT2D eigenvalue weighted by Crippen LogP contribution is 2.25. The molecular weight excluding hydrogens is 392 g/mol. The number of aryl methyl sites for hydroxylation is 2. The van der Waals surface area contributed by atoms with Crippen LogP contribution in [-0.4, -0.2) is 59.0 Å². The Kier molecular flexibility index (Phi) is 5.73. The van der Waals surface area contributed by atoms with Crippen molar-refractivity contribution < 1.29 is 4.79 Å². The Morgan fingerprint density at radius 2 is 2.10 bits per heavy atom. The van der Waals surface area contributed by atoms with E-state index in [1.165, 1.54) is 0 Å². The molecule has 0 unspecified atom stereocenters. The quantitative estimate of drug-likeness (QED) is 0.632. The van der Waals surface area contributed by atoms with Crippen LogP contribution in [0.1, 0.15) is 34.2 Å². The molecule has 0 spiro atoms. The minimum absolute atomic E-state index is 0.0361. The molecule has 8 nitrogen and oxygen atoms in total. The number of anilines is 1. The van der Waals surface area contributed by atoms with Crippen molar-refractivity contribution in [3.05, 3.63) is 63.3 Å². The summed E-state index contributed by atoms with van der Waals surface area (Å²) in [6, 6.07) is 8.00. The summed E-state index contributed by atoms with van der Waals surface area (Å²) in [5.41, 5.74) is 5.73. The van der Waals surface area contributed by atoms with Gasteiger partial charge < -0.3 is 15.2 Å². The zero-order valence-corrected chi connectivity index (χ0v) is 18.4. The maximum Gasteiger partial charge on any atom is 0.269 e. The van der Waals surface area contributed by atoms with Crippen LogP contribution in [0, 0.1) is 6.92 Å². The summed E-state index contributed by atoms with van der Waals surface area (Å²) in [6.45, 7) is 6.54. The van der Waals surface area contributed by atoms with E-state index in [2.05, 4.69) is 37.1 Å². The van der Waals surface area contributed by atoms with Gasteiger partial charge in [0.05, 0.1) is 28.5 Å². The Balaban J connectivity index is 1.40. The largest absolute Gasteiger partial charge is 0.368 e. The number of hydrogen-bond acceptors (Lipinski definition) is 6. The number of H-pyrrole nitrogens is 1. The maximum absolute atomic E-state index is 12.1. The van der Waals surface area contributed by atoms with E-state index < -0.39 is 0 Å². The van der Waals surface area contributed by atoms with Crippen molar-refractivity contribution in [3.63, 3.8) is 0 Å². The van der Waals surface area contributed by atoms with E-state index >= 15 is 0 Å². The summed E-state index contributed by atoms with van der Waals surface area (Å²) in [7, 11) is 3.67. The zero-order valence-electron chi connectivity index (χ0n) is 18.4. The highest BCUT2D eigenvalue weighted by molar-refractivity contribution is 5.92. The van der Waals surface area contributed by atoms with Crippen LogP contribution in [-0.2, 0) is 13.0 Å². The molecule has 1 amide bonds. The van der Waals surface area contributed by atoms with E-state index in [4.69, 9.17) is 0 Å². The predicted molar refractivity (Wildman–Crippen MR) is 122 cm³/mol. The lowest BCUT2D eigenvalue weighted by Gasteiger charge is -2.45. The molecule has 0 saturated carbocycles. The first-order valence-electron chi connectivity index (χ1n) is 10.5. The number of hydrogen-bond donors (Lipinski definition) is 2. The fraction of sp³-hybridized carbons (Fsp3) is 0.391. The van der Waals surface area contributed by atoms with E-state index in [1.807, 2.05) is 38.2 Å². The molecule has 1 fully saturated rings. The van der Waals surface area contributed by atoms with Crippen LogP contribution in [0.15, 0.2) is 35.3 Å². The van der Waals surface area contributed by atoms with Crippen molar-refractivity contribution in [1.29, 1.82) is 0 Å². The van der Waals surface area contributed by atoms with Gasteiger partial charge in [0.15, 0.2) is 0 Å². The Morgan fingerprint density at radius 1 is 1.32 bits per heavy atom. The molecule has 162 valence electrons. The number of carbonyl (C=O) groups excluding carboxylic acids is 1.